The number of hydrogen-bond acceptors (Lipinski definition) is 5. The van der Waals surface area contributed by atoms with E-state index in [2.05, 4.69) is 4.72 Å². The Morgan fingerprint density at radius 3 is 2.52 bits per heavy atom. The van der Waals surface area contributed by atoms with Crippen molar-refractivity contribution in [2.75, 3.05) is 7.05 Å². The Bertz CT molecular complexity index is 764. The van der Waals surface area contributed by atoms with Gasteiger partial charge in [0.05, 0.1) is 22.9 Å². The number of nitrogens with one attached hydrogen (secondary N) is 1. The molecule has 0 aromatic heterocycles. The van der Waals surface area contributed by atoms with Gasteiger partial charge in [-0.3, -0.25) is 14.5 Å². The van der Waals surface area contributed by atoms with Crippen molar-refractivity contribution in [3.63, 3.8) is 0 Å². The molecule has 0 bridgehead atoms. The summed E-state index contributed by atoms with van der Waals surface area (Å²) in [6, 6.07) is 4.97. The van der Waals surface area contributed by atoms with Crippen molar-refractivity contribution in [1.82, 2.24) is 9.62 Å². The van der Waals surface area contributed by atoms with Gasteiger partial charge < -0.3 is 0 Å². The van der Waals surface area contributed by atoms with Crippen LogP contribution < -0.4 is 4.72 Å². The van der Waals surface area contributed by atoms with Crippen LogP contribution in [-0.4, -0.2) is 38.2 Å². The molecule has 1 atom stereocenters. The molecule has 1 aliphatic heterocycles. The van der Waals surface area contributed by atoms with Gasteiger partial charge in [0, 0.05) is 7.05 Å². The second-order valence-electron chi connectivity index (χ2n) is 4.76. The number of nitriles is 1. The summed E-state index contributed by atoms with van der Waals surface area (Å²) in [6.07, 6.45) is -0.191. The van der Waals surface area contributed by atoms with Crippen molar-refractivity contribution in [3.8, 4) is 6.07 Å². The van der Waals surface area contributed by atoms with E-state index in [0.717, 1.165) is 4.90 Å². The molecule has 1 aromatic carbocycles. The van der Waals surface area contributed by atoms with Crippen LogP contribution in [0.1, 0.15) is 17.5 Å². The first-order chi connectivity index (χ1) is 9.76. The van der Waals surface area contributed by atoms with Gasteiger partial charge in [-0.25, -0.2) is 8.42 Å². The van der Waals surface area contributed by atoms with Crippen molar-refractivity contribution in [3.05, 3.63) is 29.3 Å². The highest BCUT2D eigenvalue weighted by Gasteiger charge is 2.38. The molecule has 1 N–H and O–H groups in total. The normalized spacial score (nSPS) is 18.9. The van der Waals surface area contributed by atoms with Crippen molar-refractivity contribution in [2.24, 2.45) is 0 Å². The molecule has 0 aliphatic carbocycles. The zero-order chi connectivity index (χ0) is 15.8. The van der Waals surface area contributed by atoms with Gasteiger partial charge in [-0.1, -0.05) is 0 Å². The number of sulfonamides is 1. The summed E-state index contributed by atoms with van der Waals surface area (Å²) in [4.78, 5) is 24.0. The first-order valence-electron chi connectivity index (χ1n) is 6.10. The summed E-state index contributed by atoms with van der Waals surface area (Å²) in [7, 11) is -2.63. The second kappa shape index (κ2) is 5.27. The molecule has 2 amide bonds. The number of amides is 2. The lowest BCUT2D eigenvalue weighted by atomic mass is 10.2. The molecule has 1 heterocycles. The highest BCUT2D eigenvalue weighted by Crippen LogP contribution is 2.19. The Balaban J connectivity index is 2.30. The fraction of sp³-hybridized carbons (Fsp3) is 0.308. The van der Waals surface area contributed by atoms with E-state index in [1.165, 1.54) is 25.2 Å². The van der Waals surface area contributed by atoms with Crippen LogP contribution in [0.3, 0.4) is 0 Å². The van der Waals surface area contributed by atoms with Crippen LogP contribution in [0, 0.1) is 18.3 Å². The lowest BCUT2D eigenvalue weighted by Crippen LogP contribution is -2.40. The third kappa shape index (κ3) is 2.79. The fourth-order valence-electron chi connectivity index (χ4n) is 2.12. The van der Waals surface area contributed by atoms with Crippen LogP contribution in [-0.2, 0) is 19.6 Å². The zero-order valence-corrected chi connectivity index (χ0v) is 12.3. The number of likely N-dealkylation sites (N-methyl/N-ethyl adjacent to an activating group) is 1. The van der Waals surface area contributed by atoms with Crippen LogP contribution in [0.5, 0.6) is 0 Å². The molecule has 1 fully saturated rings. The minimum Gasteiger partial charge on any atom is -0.284 e. The van der Waals surface area contributed by atoms with E-state index in [9.17, 15) is 18.0 Å². The summed E-state index contributed by atoms with van der Waals surface area (Å²) >= 11 is 0. The van der Waals surface area contributed by atoms with Crippen molar-refractivity contribution in [2.45, 2.75) is 24.3 Å². The van der Waals surface area contributed by atoms with Gasteiger partial charge >= 0.3 is 0 Å². The smallest absolute Gasteiger partial charge is 0.247 e. The molecular formula is C13H13N3O4S. The second-order valence-corrected chi connectivity index (χ2v) is 6.44. The van der Waals surface area contributed by atoms with Gasteiger partial charge in [-0.05, 0) is 30.7 Å². The molecule has 1 aromatic rings. The zero-order valence-electron chi connectivity index (χ0n) is 11.5. The van der Waals surface area contributed by atoms with Gasteiger partial charge in [0.25, 0.3) is 0 Å². The van der Waals surface area contributed by atoms with Crippen molar-refractivity contribution < 1.29 is 18.0 Å². The maximum Gasteiger partial charge on any atom is 0.247 e. The third-order valence-electron chi connectivity index (χ3n) is 3.27. The number of carbonyl (C=O) groups excluding carboxylic acids is 2. The molecule has 0 saturated carbocycles. The minimum atomic E-state index is -3.94. The Morgan fingerprint density at radius 2 is 2.05 bits per heavy atom. The summed E-state index contributed by atoms with van der Waals surface area (Å²) in [5.74, 6) is -1.00. The quantitative estimate of drug-likeness (QED) is 0.785. The van der Waals surface area contributed by atoms with Gasteiger partial charge in [-0.15, -0.1) is 0 Å². The first kappa shape index (κ1) is 15.2. The molecule has 110 valence electrons. The molecule has 0 spiro atoms. The van der Waals surface area contributed by atoms with E-state index >= 15 is 0 Å². The summed E-state index contributed by atoms with van der Waals surface area (Å²) in [6.45, 7) is 1.56. The largest absolute Gasteiger partial charge is 0.284 e. The number of likely N-dealkylation sites (tertiary alicyclic amines) is 1. The SMILES string of the molecule is Cc1cc(C#N)ccc1S(=O)(=O)NC1CC(=O)N(C)C1=O. The predicted molar refractivity (Wildman–Crippen MR) is 72.4 cm³/mol. The van der Waals surface area contributed by atoms with Gasteiger partial charge in [0.2, 0.25) is 21.8 Å². The van der Waals surface area contributed by atoms with Gasteiger partial charge in [0.1, 0.15) is 6.04 Å². The highest BCUT2D eigenvalue weighted by molar-refractivity contribution is 7.89. The summed E-state index contributed by atoms with van der Waals surface area (Å²) < 4.78 is 26.8. The third-order valence-corrected chi connectivity index (χ3v) is 4.90. The molecular weight excluding hydrogens is 294 g/mol. The number of aryl methyl sites for hydroxylation is 1. The van der Waals surface area contributed by atoms with Crippen molar-refractivity contribution >= 4 is 21.8 Å². The molecule has 1 saturated heterocycles. The standard InChI is InChI=1S/C13H13N3O4S/c1-8-5-9(7-14)3-4-11(8)21(19,20)15-10-6-12(17)16(2)13(10)18/h3-5,10,15H,6H2,1-2H3. The maximum absolute atomic E-state index is 12.3. The van der Waals surface area contributed by atoms with Crippen molar-refractivity contribution in [1.29, 1.82) is 5.26 Å². The summed E-state index contributed by atoms with van der Waals surface area (Å²) in [5.41, 5.74) is 0.741. The number of rotatable bonds is 3. The first-order valence-corrected chi connectivity index (χ1v) is 7.58. The Kier molecular flexibility index (Phi) is 3.80. The van der Waals surface area contributed by atoms with Crippen LogP contribution in [0.15, 0.2) is 23.1 Å². The predicted octanol–water partition coefficient (Wildman–Crippen LogP) is -0.0977. The number of benzene rings is 1. The van der Waals surface area contributed by atoms with Crippen LogP contribution >= 0.6 is 0 Å². The Hall–Kier alpha value is -2.24. The minimum absolute atomic E-state index is 0.0173. The maximum atomic E-state index is 12.3. The average Bonchev–Trinajstić information content (AvgIpc) is 2.65. The van der Waals surface area contributed by atoms with Crippen LogP contribution in [0.4, 0.5) is 0 Å². The van der Waals surface area contributed by atoms with E-state index < -0.39 is 27.9 Å². The lowest BCUT2D eigenvalue weighted by molar-refractivity contribution is -0.137. The van der Waals surface area contributed by atoms with E-state index in [4.69, 9.17) is 5.26 Å². The topological polar surface area (TPSA) is 107 Å². The van der Waals surface area contributed by atoms with E-state index in [1.807, 2.05) is 6.07 Å². The molecule has 2 rings (SSSR count). The van der Waals surface area contributed by atoms with Crippen LogP contribution in [0.2, 0.25) is 0 Å². The molecule has 1 unspecified atom stereocenters. The average molecular weight is 307 g/mol. The molecule has 1 aliphatic rings. The number of carbonyl (C=O) groups is 2. The lowest BCUT2D eigenvalue weighted by Gasteiger charge is -2.13. The van der Waals surface area contributed by atoms with E-state index in [1.54, 1.807) is 6.92 Å². The Labute approximate surface area is 122 Å². The van der Waals surface area contributed by atoms with Gasteiger partial charge in [0.15, 0.2) is 0 Å². The summed E-state index contributed by atoms with van der Waals surface area (Å²) in [5, 5.41) is 8.78. The molecule has 0 radical (unpaired) electrons. The fourth-order valence-corrected chi connectivity index (χ4v) is 3.53. The van der Waals surface area contributed by atoms with E-state index in [-0.39, 0.29) is 11.3 Å². The van der Waals surface area contributed by atoms with Gasteiger partial charge in [-0.2, -0.15) is 9.98 Å². The molecule has 8 heteroatoms. The number of imide groups is 1. The van der Waals surface area contributed by atoms with E-state index in [0.29, 0.717) is 11.1 Å². The highest BCUT2D eigenvalue weighted by atomic mass is 32.2. The number of hydrogen-bond donors (Lipinski definition) is 1. The Morgan fingerprint density at radius 1 is 1.38 bits per heavy atom. The molecule has 21 heavy (non-hydrogen) atoms. The monoisotopic (exact) mass is 307 g/mol. The molecule has 7 nitrogen and oxygen atoms in total. The van der Waals surface area contributed by atoms with Crippen LogP contribution in [0.25, 0.3) is 0 Å². The number of nitrogens with zero attached hydrogens (tertiary/aromatic N) is 2.